The van der Waals surface area contributed by atoms with Gasteiger partial charge in [0.25, 0.3) is 0 Å². The molecular weight excluding hydrogens is 402 g/mol. The summed E-state index contributed by atoms with van der Waals surface area (Å²) >= 11 is 0. The molecule has 3 heterocycles. The number of piperazine rings is 1. The number of rotatable bonds is 6. The van der Waals surface area contributed by atoms with Gasteiger partial charge in [0.1, 0.15) is 23.2 Å². The summed E-state index contributed by atoms with van der Waals surface area (Å²) in [5.74, 6) is 2.08. The molecule has 0 aliphatic carbocycles. The summed E-state index contributed by atoms with van der Waals surface area (Å²) in [6.07, 6.45) is 1.66. The van der Waals surface area contributed by atoms with E-state index in [-0.39, 0.29) is 11.2 Å². The van der Waals surface area contributed by atoms with Crippen LogP contribution in [0.4, 0.5) is 5.69 Å². The van der Waals surface area contributed by atoms with Crippen molar-refractivity contribution in [2.24, 2.45) is 5.41 Å². The van der Waals surface area contributed by atoms with Gasteiger partial charge < -0.3 is 14.2 Å². The zero-order valence-electron chi connectivity index (χ0n) is 19.4. The van der Waals surface area contributed by atoms with Gasteiger partial charge in [0.05, 0.1) is 19.3 Å². The van der Waals surface area contributed by atoms with Crippen molar-refractivity contribution in [2.45, 2.75) is 40.8 Å². The quantitative estimate of drug-likeness (QED) is 0.589. The van der Waals surface area contributed by atoms with Crippen LogP contribution in [0.5, 0.6) is 5.75 Å². The van der Waals surface area contributed by atoms with E-state index in [2.05, 4.69) is 57.2 Å². The molecule has 1 aliphatic heterocycles. The lowest BCUT2D eigenvalue weighted by Gasteiger charge is -2.36. The van der Waals surface area contributed by atoms with E-state index < -0.39 is 0 Å². The molecule has 0 bridgehead atoms. The fraction of sp³-hybridized carbons (Fsp3) is 0.500. The SMILES string of the molecule is CCOc1ccc(N2CCN(Cc3nc4cnc(C#N)nc4n3CC(C)(C)C)CC2)cc1. The van der Waals surface area contributed by atoms with E-state index in [0.717, 1.165) is 62.0 Å². The molecule has 0 saturated carbocycles. The van der Waals surface area contributed by atoms with Crippen LogP contribution in [0, 0.1) is 16.7 Å². The first kappa shape index (κ1) is 22.0. The molecule has 0 unspecified atom stereocenters. The average molecular weight is 434 g/mol. The first-order valence-corrected chi connectivity index (χ1v) is 11.2. The minimum atomic E-state index is 0.0620. The minimum Gasteiger partial charge on any atom is -0.494 e. The Morgan fingerprint density at radius 1 is 1.06 bits per heavy atom. The maximum Gasteiger partial charge on any atom is 0.234 e. The standard InChI is InChI=1S/C24H31N7O/c1-5-32-19-8-6-18(7-9-19)30-12-10-29(11-13-30)16-22-27-20-15-26-21(14-25)28-23(20)31(22)17-24(2,3)4/h6-9,15H,5,10-13,16-17H2,1-4H3. The van der Waals surface area contributed by atoms with Gasteiger partial charge >= 0.3 is 0 Å². The van der Waals surface area contributed by atoms with Crippen LogP contribution in [-0.2, 0) is 13.1 Å². The first-order valence-electron chi connectivity index (χ1n) is 11.2. The molecule has 0 spiro atoms. The van der Waals surface area contributed by atoms with Gasteiger partial charge in [0.15, 0.2) is 5.65 Å². The van der Waals surface area contributed by atoms with Crippen molar-refractivity contribution in [1.29, 1.82) is 5.26 Å². The summed E-state index contributed by atoms with van der Waals surface area (Å²) in [5.41, 5.74) is 2.78. The molecule has 32 heavy (non-hydrogen) atoms. The number of aromatic nitrogens is 4. The Kier molecular flexibility index (Phi) is 6.28. The predicted molar refractivity (Wildman–Crippen MR) is 125 cm³/mol. The molecule has 8 heteroatoms. The Morgan fingerprint density at radius 2 is 1.78 bits per heavy atom. The van der Waals surface area contributed by atoms with Crippen LogP contribution < -0.4 is 9.64 Å². The van der Waals surface area contributed by atoms with E-state index in [9.17, 15) is 5.26 Å². The largest absolute Gasteiger partial charge is 0.494 e. The third-order valence-corrected chi connectivity index (χ3v) is 5.55. The zero-order chi connectivity index (χ0) is 22.7. The number of hydrogen-bond acceptors (Lipinski definition) is 7. The van der Waals surface area contributed by atoms with Crippen LogP contribution >= 0.6 is 0 Å². The molecule has 4 rings (SSSR count). The van der Waals surface area contributed by atoms with Crippen LogP contribution in [-0.4, -0.2) is 57.2 Å². The molecule has 3 aromatic rings. The van der Waals surface area contributed by atoms with Gasteiger partial charge in [-0.05, 0) is 36.6 Å². The maximum absolute atomic E-state index is 9.22. The fourth-order valence-electron chi connectivity index (χ4n) is 4.06. The average Bonchev–Trinajstić information content (AvgIpc) is 3.10. The van der Waals surface area contributed by atoms with Crippen LogP contribution in [0.2, 0.25) is 0 Å². The highest BCUT2D eigenvalue weighted by Crippen LogP contribution is 2.24. The molecule has 1 aliphatic rings. The van der Waals surface area contributed by atoms with E-state index in [1.165, 1.54) is 5.69 Å². The van der Waals surface area contributed by atoms with Gasteiger partial charge in [0.2, 0.25) is 5.82 Å². The monoisotopic (exact) mass is 433 g/mol. The van der Waals surface area contributed by atoms with Gasteiger partial charge in [-0.3, -0.25) is 4.90 Å². The Labute approximate surface area is 189 Å². The second kappa shape index (κ2) is 9.13. The summed E-state index contributed by atoms with van der Waals surface area (Å²) in [6.45, 7) is 14.7. The van der Waals surface area contributed by atoms with Crippen molar-refractivity contribution in [3.63, 3.8) is 0 Å². The molecule has 168 valence electrons. The van der Waals surface area contributed by atoms with Crippen molar-refractivity contribution >= 4 is 16.9 Å². The summed E-state index contributed by atoms with van der Waals surface area (Å²) in [6, 6.07) is 10.4. The topological polar surface area (TPSA) is 83.1 Å². The second-order valence-corrected chi connectivity index (χ2v) is 9.38. The highest BCUT2D eigenvalue weighted by Gasteiger charge is 2.23. The summed E-state index contributed by atoms with van der Waals surface area (Å²) in [5, 5.41) is 9.22. The number of nitriles is 1. The summed E-state index contributed by atoms with van der Waals surface area (Å²) < 4.78 is 7.72. The molecule has 8 nitrogen and oxygen atoms in total. The third-order valence-electron chi connectivity index (χ3n) is 5.55. The van der Waals surface area contributed by atoms with E-state index in [4.69, 9.17) is 9.72 Å². The molecular formula is C24H31N7O. The van der Waals surface area contributed by atoms with Gasteiger partial charge in [-0.2, -0.15) is 10.2 Å². The molecule has 0 N–H and O–H groups in total. The molecule has 1 fully saturated rings. The van der Waals surface area contributed by atoms with E-state index in [1.54, 1.807) is 6.20 Å². The summed E-state index contributed by atoms with van der Waals surface area (Å²) in [4.78, 5) is 18.2. The van der Waals surface area contributed by atoms with Crippen LogP contribution in [0.15, 0.2) is 30.5 Å². The summed E-state index contributed by atoms with van der Waals surface area (Å²) in [7, 11) is 0. The van der Waals surface area contributed by atoms with Gasteiger partial charge in [-0.25, -0.2) is 9.97 Å². The van der Waals surface area contributed by atoms with Gasteiger partial charge in [-0.1, -0.05) is 20.8 Å². The predicted octanol–water partition coefficient (Wildman–Crippen LogP) is 3.46. The molecule has 1 aromatic carbocycles. The van der Waals surface area contributed by atoms with Crippen LogP contribution in [0.1, 0.15) is 39.3 Å². The zero-order valence-corrected chi connectivity index (χ0v) is 19.4. The Balaban J connectivity index is 1.48. The minimum absolute atomic E-state index is 0.0620. The van der Waals surface area contributed by atoms with Crippen molar-refractivity contribution in [1.82, 2.24) is 24.4 Å². The van der Waals surface area contributed by atoms with Crippen LogP contribution in [0.25, 0.3) is 11.2 Å². The molecule has 0 atom stereocenters. The van der Waals surface area contributed by atoms with Gasteiger partial charge in [0, 0.05) is 38.4 Å². The highest BCUT2D eigenvalue weighted by atomic mass is 16.5. The lowest BCUT2D eigenvalue weighted by molar-refractivity contribution is 0.236. The molecule has 2 aromatic heterocycles. The van der Waals surface area contributed by atoms with Crippen LogP contribution in [0.3, 0.4) is 0 Å². The Hall–Kier alpha value is -3.18. The Bertz CT molecular complexity index is 1100. The number of imidazole rings is 1. The first-order chi connectivity index (χ1) is 15.4. The number of nitrogens with zero attached hydrogens (tertiary/aromatic N) is 7. The third kappa shape index (κ3) is 5.00. The lowest BCUT2D eigenvalue weighted by Crippen LogP contribution is -2.46. The molecule has 1 saturated heterocycles. The number of fused-ring (bicyclic) bond motifs is 1. The van der Waals surface area contributed by atoms with Gasteiger partial charge in [-0.15, -0.1) is 0 Å². The molecule has 0 amide bonds. The number of ether oxygens (including phenoxy) is 1. The molecule has 0 radical (unpaired) electrons. The second-order valence-electron chi connectivity index (χ2n) is 9.38. The fourth-order valence-corrected chi connectivity index (χ4v) is 4.06. The Morgan fingerprint density at radius 3 is 2.41 bits per heavy atom. The lowest BCUT2D eigenvalue weighted by atomic mass is 9.97. The van der Waals surface area contributed by atoms with Crippen molar-refractivity contribution in [3.8, 4) is 11.8 Å². The van der Waals surface area contributed by atoms with Crippen molar-refractivity contribution in [2.75, 3.05) is 37.7 Å². The van der Waals surface area contributed by atoms with E-state index >= 15 is 0 Å². The number of anilines is 1. The van der Waals surface area contributed by atoms with Crippen molar-refractivity contribution < 1.29 is 4.74 Å². The number of benzene rings is 1. The normalized spacial score (nSPS) is 15.2. The van der Waals surface area contributed by atoms with Crippen molar-refractivity contribution in [3.05, 3.63) is 42.1 Å². The number of hydrogen-bond donors (Lipinski definition) is 0. The highest BCUT2D eigenvalue weighted by molar-refractivity contribution is 5.70. The van der Waals surface area contributed by atoms with E-state index in [1.807, 2.05) is 25.1 Å². The smallest absolute Gasteiger partial charge is 0.234 e. The van der Waals surface area contributed by atoms with E-state index in [0.29, 0.717) is 6.61 Å². The maximum atomic E-state index is 9.22.